The van der Waals surface area contributed by atoms with Gasteiger partial charge in [-0.05, 0) is 30.9 Å². The highest BCUT2D eigenvalue weighted by Crippen LogP contribution is 2.32. The number of aliphatic carboxylic acids is 1. The van der Waals surface area contributed by atoms with Crippen molar-refractivity contribution < 1.29 is 14.7 Å². The van der Waals surface area contributed by atoms with Crippen LogP contribution in [0.5, 0.6) is 0 Å². The van der Waals surface area contributed by atoms with Crippen molar-refractivity contribution in [2.24, 2.45) is 5.92 Å². The van der Waals surface area contributed by atoms with Crippen LogP contribution in [0.4, 0.5) is 0 Å². The summed E-state index contributed by atoms with van der Waals surface area (Å²) in [6.07, 6.45) is 2.14. The highest BCUT2D eigenvalue weighted by molar-refractivity contribution is 7.99. The molecule has 0 heterocycles. The quantitative estimate of drug-likeness (QED) is 0.751. The van der Waals surface area contributed by atoms with Gasteiger partial charge in [0.25, 0.3) is 0 Å². The van der Waals surface area contributed by atoms with Crippen LogP contribution >= 0.6 is 11.8 Å². The van der Waals surface area contributed by atoms with Crippen LogP contribution in [-0.2, 0) is 9.59 Å². The van der Waals surface area contributed by atoms with Crippen molar-refractivity contribution in [3.8, 4) is 0 Å². The summed E-state index contributed by atoms with van der Waals surface area (Å²) in [5, 5.41) is 11.6. The lowest BCUT2D eigenvalue weighted by Gasteiger charge is -2.13. The zero-order valence-electron chi connectivity index (χ0n) is 10.5. The molecule has 1 atom stereocenters. The van der Waals surface area contributed by atoms with Gasteiger partial charge < -0.3 is 10.4 Å². The van der Waals surface area contributed by atoms with Crippen LogP contribution in [-0.4, -0.2) is 28.8 Å². The Morgan fingerprint density at radius 3 is 2.58 bits per heavy atom. The van der Waals surface area contributed by atoms with E-state index in [1.165, 1.54) is 0 Å². The number of carboxylic acid groups (broad SMARTS) is 1. The van der Waals surface area contributed by atoms with Crippen LogP contribution in [0, 0.1) is 5.92 Å². The summed E-state index contributed by atoms with van der Waals surface area (Å²) in [7, 11) is 0. The first-order valence-corrected chi connectivity index (χ1v) is 7.35. The normalized spacial score (nSPS) is 15.8. The number of carbonyl (C=O) groups excluding carboxylic acids is 1. The van der Waals surface area contributed by atoms with Crippen LogP contribution < -0.4 is 5.32 Å². The summed E-state index contributed by atoms with van der Waals surface area (Å²) in [6, 6.07) is 9.14. The van der Waals surface area contributed by atoms with Gasteiger partial charge in [-0.3, -0.25) is 4.79 Å². The zero-order chi connectivity index (χ0) is 13.7. The van der Waals surface area contributed by atoms with E-state index >= 15 is 0 Å². The van der Waals surface area contributed by atoms with E-state index < -0.39 is 12.0 Å². The standard InChI is InChI=1S/C14H17NO3S/c16-12(15-13(14(17)18)10-6-7-10)8-9-19-11-4-2-1-3-5-11/h1-5,10,13H,6-9H2,(H,15,16)(H,17,18). The fourth-order valence-corrected chi connectivity index (χ4v) is 2.71. The Morgan fingerprint density at radius 1 is 1.32 bits per heavy atom. The van der Waals surface area contributed by atoms with Crippen LogP contribution in [0.25, 0.3) is 0 Å². The van der Waals surface area contributed by atoms with Gasteiger partial charge in [0, 0.05) is 17.1 Å². The van der Waals surface area contributed by atoms with E-state index in [2.05, 4.69) is 5.32 Å². The van der Waals surface area contributed by atoms with Crippen LogP contribution in [0.15, 0.2) is 35.2 Å². The highest BCUT2D eigenvalue weighted by atomic mass is 32.2. The Labute approximate surface area is 116 Å². The second-order valence-corrected chi connectivity index (χ2v) is 5.80. The summed E-state index contributed by atoms with van der Waals surface area (Å²) in [6.45, 7) is 0. The average molecular weight is 279 g/mol. The minimum absolute atomic E-state index is 0.128. The van der Waals surface area contributed by atoms with Gasteiger partial charge in [-0.2, -0.15) is 0 Å². The lowest BCUT2D eigenvalue weighted by atomic mass is 10.2. The third kappa shape index (κ3) is 4.59. The Bertz CT molecular complexity index is 445. The van der Waals surface area contributed by atoms with E-state index in [-0.39, 0.29) is 11.8 Å². The number of carbonyl (C=O) groups is 2. The zero-order valence-corrected chi connectivity index (χ0v) is 11.4. The van der Waals surface area contributed by atoms with Crippen molar-refractivity contribution >= 4 is 23.6 Å². The molecule has 1 amide bonds. The first-order valence-electron chi connectivity index (χ1n) is 6.37. The third-order valence-corrected chi connectivity index (χ3v) is 4.03. The molecular weight excluding hydrogens is 262 g/mol. The Balaban J connectivity index is 1.71. The third-order valence-electron chi connectivity index (χ3n) is 3.02. The number of rotatable bonds is 7. The minimum atomic E-state index is -0.924. The van der Waals surface area contributed by atoms with E-state index in [0.717, 1.165) is 17.7 Å². The van der Waals surface area contributed by atoms with Crippen LogP contribution in [0.2, 0.25) is 0 Å². The summed E-state index contributed by atoms with van der Waals surface area (Å²) < 4.78 is 0. The van der Waals surface area contributed by atoms with Gasteiger partial charge in [0.15, 0.2) is 0 Å². The summed E-state index contributed by atoms with van der Waals surface area (Å²) in [4.78, 5) is 23.8. The molecule has 0 saturated heterocycles. The molecule has 0 bridgehead atoms. The number of thioether (sulfide) groups is 1. The Morgan fingerprint density at radius 2 is 2.00 bits per heavy atom. The molecule has 0 aliphatic heterocycles. The van der Waals surface area contributed by atoms with Crippen molar-refractivity contribution in [1.29, 1.82) is 0 Å². The lowest BCUT2D eigenvalue weighted by molar-refractivity contribution is -0.142. The second kappa shape index (κ2) is 6.61. The number of hydrogen-bond donors (Lipinski definition) is 2. The Kier molecular flexibility index (Phi) is 4.85. The summed E-state index contributed by atoms with van der Waals surface area (Å²) in [5.74, 6) is -0.315. The molecule has 19 heavy (non-hydrogen) atoms. The number of carboxylic acids is 1. The van der Waals surface area contributed by atoms with E-state index in [1.807, 2.05) is 30.3 Å². The highest BCUT2D eigenvalue weighted by Gasteiger charge is 2.37. The largest absolute Gasteiger partial charge is 0.480 e. The van der Waals surface area contributed by atoms with Crippen LogP contribution in [0.3, 0.4) is 0 Å². The number of amides is 1. The maximum Gasteiger partial charge on any atom is 0.326 e. The van der Waals surface area contributed by atoms with Gasteiger partial charge in [-0.25, -0.2) is 4.79 Å². The molecule has 1 aromatic rings. The summed E-state index contributed by atoms with van der Waals surface area (Å²) >= 11 is 1.60. The SMILES string of the molecule is O=C(CCSc1ccccc1)NC(C(=O)O)C1CC1. The molecule has 1 aromatic carbocycles. The molecule has 1 aliphatic carbocycles. The van der Waals surface area contributed by atoms with Crippen LogP contribution in [0.1, 0.15) is 19.3 Å². The average Bonchev–Trinajstić information content (AvgIpc) is 3.21. The molecule has 2 N–H and O–H groups in total. The number of nitrogens with one attached hydrogen (secondary N) is 1. The molecule has 0 spiro atoms. The van der Waals surface area contributed by atoms with Gasteiger partial charge in [-0.1, -0.05) is 18.2 Å². The van der Waals surface area contributed by atoms with E-state index in [0.29, 0.717) is 12.2 Å². The van der Waals surface area contributed by atoms with E-state index in [4.69, 9.17) is 5.11 Å². The van der Waals surface area contributed by atoms with Crippen molar-refractivity contribution in [2.75, 3.05) is 5.75 Å². The molecule has 1 unspecified atom stereocenters. The predicted molar refractivity (Wildman–Crippen MR) is 74.1 cm³/mol. The first-order chi connectivity index (χ1) is 9.16. The fourth-order valence-electron chi connectivity index (χ4n) is 1.83. The molecule has 1 saturated carbocycles. The van der Waals surface area contributed by atoms with Gasteiger partial charge in [0.1, 0.15) is 6.04 Å². The predicted octanol–water partition coefficient (Wildman–Crippen LogP) is 2.15. The minimum Gasteiger partial charge on any atom is -0.480 e. The van der Waals surface area contributed by atoms with Gasteiger partial charge in [0.05, 0.1) is 0 Å². The molecule has 1 fully saturated rings. The van der Waals surface area contributed by atoms with Gasteiger partial charge >= 0.3 is 5.97 Å². The maximum atomic E-state index is 11.7. The molecule has 0 radical (unpaired) electrons. The number of benzene rings is 1. The second-order valence-electron chi connectivity index (χ2n) is 4.63. The monoisotopic (exact) mass is 279 g/mol. The van der Waals surface area contributed by atoms with E-state index in [1.54, 1.807) is 11.8 Å². The smallest absolute Gasteiger partial charge is 0.326 e. The summed E-state index contributed by atoms with van der Waals surface area (Å²) in [5.41, 5.74) is 0. The first kappa shape index (κ1) is 13.9. The van der Waals surface area contributed by atoms with Gasteiger partial charge in [0.2, 0.25) is 5.91 Å². The van der Waals surface area contributed by atoms with E-state index in [9.17, 15) is 9.59 Å². The molecular formula is C14H17NO3S. The molecule has 5 heteroatoms. The number of hydrogen-bond acceptors (Lipinski definition) is 3. The van der Waals surface area contributed by atoms with Crippen molar-refractivity contribution in [1.82, 2.24) is 5.32 Å². The van der Waals surface area contributed by atoms with Crippen molar-refractivity contribution in [2.45, 2.75) is 30.2 Å². The molecule has 102 valence electrons. The fraction of sp³-hybridized carbons (Fsp3) is 0.429. The van der Waals surface area contributed by atoms with Gasteiger partial charge in [-0.15, -0.1) is 11.8 Å². The van der Waals surface area contributed by atoms with Crippen molar-refractivity contribution in [3.63, 3.8) is 0 Å². The molecule has 4 nitrogen and oxygen atoms in total. The Hall–Kier alpha value is -1.49. The molecule has 0 aromatic heterocycles. The topological polar surface area (TPSA) is 66.4 Å². The van der Waals surface area contributed by atoms with Crippen molar-refractivity contribution in [3.05, 3.63) is 30.3 Å². The lowest BCUT2D eigenvalue weighted by Crippen LogP contribution is -2.42. The maximum absolute atomic E-state index is 11.7. The molecule has 2 rings (SSSR count). The molecule has 1 aliphatic rings.